The summed E-state index contributed by atoms with van der Waals surface area (Å²) in [6.45, 7) is 2.34. The standard InChI is InChI=1S/C8H14N2/c1-2-7-10-8(4-1)5-3-6-9-10/h5,9H,1-4,6-7H2. The molecule has 2 heteroatoms. The van der Waals surface area contributed by atoms with Crippen LogP contribution in [-0.4, -0.2) is 18.1 Å². The SMILES string of the molecule is C1=C2CCCCN2NCC1. The summed E-state index contributed by atoms with van der Waals surface area (Å²) < 4.78 is 0. The Hall–Kier alpha value is -0.500. The number of nitrogens with zero attached hydrogens (tertiary/aromatic N) is 1. The number of piperidine rings is 1. The van der Waals surface area contributed by atoms with Gasteiger partial charge in [0, 0.05) is 18.8 Å². The molecule has 2 aliphatic rings. The smallest absolute Gasteiger partial charge is 0.0340 e. The lowest BCUT2D eigenvalue weighted by Gasteiger charge is -2.34. The van der Waals surface area contributed by atoms with Gasteiger partial charge in [-0.25, -0.2) is 5.43 Å². The normalized spacial score (nSPS) is 25.6. The highest BCUT2D eigenvalue weighted by molar-refractivity contribution is 5.05. The van der Waals surface area contributed by atoms with E-state index in [4.69, 9.17) is 0 Å². The molecule has 0 aliphatic carbocycles. The third-order valence-electron chi connectivity index (χ3n) is 2.24. The van der Waals surface area contributed by atoms with Gasteiger partial charge in [-0.05, 0) is 25.7 Å². The van der Waals surface area contributed by atoms with Crippen molar-refractivity contribution in [3.8, 4) is 0 Å². The van der Waals surface area contributed by atoms with Crippen LogP contribution in [0.3, 0.4) is 0 Å². The van der Waals surface area contributed by atoms with Crippen molar-refractivity contribution in [3.63, 3.8) is 0 Å². The van der Waals surface area contributed by atoms with Crippen molar-refractivity contribution in [3.05, 3.63) is 11.8 Å². The Morgan fingerprint density at radius 3 is 3.30 bits per heavy atom. The van der Waals surface area contributed by atoms with Gasteiger partial charge in [-0.3, -0.25) is 0 Å². The first-order valence-corrected chi connectivity index (χ1v) is 4.17. The summed E-state index contributed by atoms with van der Waals surface area (Å²) >= 11 is 0. The summed E-state index contributed by atoms with van der Waals surface area (Å²) in [5, 5.41) is 2.31. The third-order valence-corrected chi connectivity index (χ3v) is 2.24. The van der Waals surface area contributed by atoms with E-state index >= 15 is 0 Å². The molecule has 0 spiro atoms. The molecule has 10 heavy (non-hydrogen) atoms. The monoisotopic (exact) mass is 138 g/mol. The highest BCUT2D eigenvalue weighted by Crippen LogP contribution is 2.20. The molecule has 0 atom stereocenters. The number of nitrogens with one attached hydrogen (secondary N) is 1. The van der Waals surface area contributed by atoms with Crippen LogP contribution >= 0.6 is 0 Å². The van der Waals surface area contributed by atoms with Gasteiger partial charge in [-0.1, -0.05) is 6.08 Å². The van der Waals surface area contributed by atoms with E-state index in [1.807, 2.05) is 0 Å². The molecule has 0 radical (unpaired) electrons. The minimum absolute atomic E-state index is 1.13. The summed E-state index contributed by atoms with van der Waals surface area (Å²) in [5.74, 6) is 0. The number of allylic oxidation sites excluding steroid dienone is 1. The highest BCUT2D eigenvalue weighted by atomic mass is 15.5. The van der Waals surface area contributed by atoms with E-state index in [0.29, 0.717) is 0 Å². The lowest BCUT2D eigenvalue weighted by Crippen LogP contribution is -2.42. The molecule has 0 unspecified atom stereocenters. The van der Waals surface area contributed by atoms with Crippen molar-refractivity contribution in [1.29, 1.82) is 0 Å². The van der Waals surface area contributed by atoms with Crippen molar-refractivity contribution in [2.24, 2.45) is 0 Å². The molecule has 1 saturated heterocycles. The molecule has 1 fully saturated rings. The largest absolute Gasteiger partial charge is 0.313 e. The van der Waals surface area contributed by atoms with Crippen LogP contribution < -0.4 is 5.43 Å². The highest BCUT2D eigenvalue weighted by Gasteiger charge is 2.15. The van der Waals surface area contributed by atoms with Crippen LogP contribution in [0.25, 0.3) is 0 Å². The molecule has 0 aromatic heterocycles. The maximum atomic E-state index is 3.39. The van der Waals surface area contributed by atoms with Gasteiger partial charge in [0.1, 0.15) is 0 Å². The Balaban J connectivity index is 2.08. The van der Waals surface area contributed by atoms with E-state index in [1.54, 1.807) is 0 Å². The van der Waals surface area contributed by atoms with Gasteiger partial charge in [0.15, 0.2) is 0 Å². The molecule has 0 saturated carbocycles. The molecule has 0 amide bonds. The molecule has 56 valence electrons. The first kappa shape index (κ1) is 6.23. The van der Waals surface area contributed by atoms with E-state index < -0.39 is 0 Å². The van der Waals surface area contributed by atoms with Crippen LogP contribution in [0.5, 0.6) is 0 Å². The van der Waals surface area contributed by atoms with Crippen LogP contribution in [0.4, 0.5) is 0 Å². The second-order valence-corrected chi connectivity index (χ2v) is 3.00. The molecule has 0 aromatic carbocycles. The minimum Gasteiger partial charge on any atom is -0.313 e. The molecule has 2 nitrogen and oxygen atoms in total. The summed E-state index contributed by atoms with van der Waals surface area (Å²) in [6.07, 6.45) is 7.60. The second-order valence-electron chi connectivity index (χ2n) is 3.00. The average molecular weight is 138 g/mol. The Morgan fingerprint density at radius 2 is 2.40 bits per heavy atom. The van der Waals surface area contributed by atoms with Crippen LogP contribution in [0.1, 0.15) is 25.7 Å². The van der Waals surface area contributed by atoms with Gasteiger partial charge in [0.2, 0.25) is 0 Å². The summed E-state index contributed by atoms with van der Waals surface area (Å²) in [5.41, 5.74) is 4.91. The van der Waals surface area contributed by atoms with E-state index in [-0.39, 0.29) is 0 Å². The fourth-order valence-electron chi connectivity index (χ4n) is 1.69. The van der Waals surface area contributed by atoms with Crippen molar-refractivity contribution >= 4 is 0 Å². The van der Waals surface area contributed by atoms with E-state index in [0.717, 1.165) is 6.54 Å². The Kier molecular flexibility index (Phi) is 1.63. The first-order valence-electron chi connectivity index (χ1n) is 4.17. The van der Waals surface area contributed by atoms with E-state index in [9.17, 15) is 0 Å². The van der Waals surface area contributed by atoms with Crippen LogP contribution in [-0.2, 0) is 0 Å². The van der Waals surface area contributed by atoms with Gasteiger partial charge in [-0.15, -0.1) is 0 Å². The number of hydrogen-bond acceptors (Lipinski definition) is 2. The number of hydrogen-bond donors (Lipinski definition) is 1. The summed E-state index contributed by atoms with van der Waals surface area (Å²) in [4.78, 5) is 0. The fraction of sp³-hybridized carbons (Fsp3) is 0.750. The zero-order valence-electron chi connectivity index (χ0n) is 6.27. The molecular formula is C8H14N2. The number of rotatable bonds is 0. The van der Waals surface area contributed by atoms with Gasteiger partial charge < -0.3 is 5.01 Å². The van der Waals surface area contributed by atoms with Gasteiger partial charge in [0.05, 0.1) is 0 Å². The molecule has 1 N–H and O–H groups in total. The first-order chi connectivity index (χ1) is 4.97. The van der Waals surface area contributed by atoms with Crippen molar-refractivity contribution in [2.45, 2.75) is 25.7 Å². The molecule has 2 heterocycles. The predicted molar refractivity (Wildman–Crippen MR) is 41.3 cm³/mol. The quantitative estimate of drug-likeness (QED) is 0.542. The van der Waals surface area contributed by atoms with Gasteiger partial charge in [0.25, 0.3) is 0 Å². The zero-order chi connectivity index (χ0) is 6.81. The summed E-state index contributed by atoms with van der Waals surface area (Å²) in [7, 11) is 0. The number of hydrazine groups is 1. The average Bonchev–Trinajstić information content (AvgIpc) is 2.05. The maximum Gasteiger partial charge on any atom is 0.0340 e. The minimum atomic E-state index is 1.13. The maximum absolute atomic E-state index is 3.39. The zero-order valence-corrected chi connectivity index (χ0v) is 6.27. The molecular weight excluding hydrogens is 124 g/mol. The van der Waals surface area contributed by atoms with Crippen LogP contribution in [0.2, 0.25) is 0 Å². The van der Waals surface area contributed by atoms with Crippen molar-refractivity contribution < 1.29 is 0 Å². The van der Waals surface area contributed by atoms with Crippen molar-refractivity contribution in [1.82, 2.24) is 10.4 Å². The van der Waals surface area contributed by atoms with Gasteiger partial charge >= 0.3 is 0 Å². The lowest BCUT2D eigenvalue weighted by molar-refractivity contribution is 0.197. The van der Waals surface area contributed by atoms with Crippen LogP contribution in [0.15, 0.2) is 11.8 Å². The Labute approximate surface area is 61.9 Å². The topological polar surface area (TPSA) is 15.3 Å². The fourth-order valence-corrected chi connectivity index (χ4v) is 1.69. The van der Waals surface area contributed by atoms with Crippen molar-refractivity contribution in [2.75, 3.05) is 13.1 Å². The molecule has 2 rings (SSSR count). The Bertz CT molecular complexity index is 151. The van der Waals surface area contributed by atoms with E-state index in [1.165, 1.54) is 37.9 Å². The summed E-state index contributed by atoms with van der Waals surface area (Å²) in [6, 6.07) is 0. The lowest BCUT2D eigenvalue weighted by atomic mass is 10.1. The number of fused-ring (bicyclic) bond motifs is 1. The predicted octanol–water partition coefficient (Wildman–Crippen LogP) is 1.26. The second kappa shape index (κ2) is 2.62. The molecule has 2 aliphatic heterocycles. The Morgan fingerprint density at radius 1 is 1.40 bits per heavy atom. The third kappa shape index (κ3) is 1.03. The van der Waals surface area contributed by atoms with E-state index in [2.05, 4.69) is 16.5 Å². The molecule has 0 aromatic rings. The van der Waals surface area contributed by atoms with Gasteiger partial charge in [-0.2, -0.15) is 0 Å². The van der Waals surface area contributed by atoms with Crippen LogP contribution in [0, 0.1) is 0 Å². The molecule has 0 bridgehead atoms.